The second kappa shape index (κ2) is 11.5. The van der Waals surface area contributed by atoms with E-state index in [0.717, 1.165) is 60.5 Å². The molecule has 0 atom stereocenters. The maximum atomic E-state index is 11.6. The normalized spacial score (nSPS) is 20.9. The van der Waals surface area contributed by atoms with Crippen LogP contribution in [0.1, 0.15) is 44.1 Å². The van der Waals surface area contributed by atoms with Gasteiger partial charge < -0.3 is 26.2 Å². The number of nitrogens with one attached hydrogen (secondary N) is 4. The number of anilines is 4. The van der Waals surface area contributed by atoms with Crippen LogP contribution in [0.15, 0.2) is 42.3 Å². The number of amides is 1. The van der Waals surface area contributed by atoms with Gasteiger partial charge in [0, 0.05) is 29.5 Å². The van der Waals surface area contributed by atoms with Gasteiger partial charge in [-0.1, -0.05) is 6.58 Å². The van der Waals surface area contributed by atoms with Gasteiger partial charge in [-0.2, -0.15) is 4.98 Å². The SMILES string of the molecule is C=CC(=O)N[C@H]1CC[C@@H](Nc2nc(Nc3ccc(NC4CCN(C)CC4)c(C)c3)nc3ccsc23)CC1. The zero-order valence-electron chi connectivity index (χ0n) is 21.7. The van der Waals surface area contributed by atoms with E-state index in [1.54, 1.807) is 11.3 Å². The van der Waals surface area contributed by atoms with Crippen LogP contribution in [-0.2, 0) is 4.79 Å². The average molecular weight is 520 g/mol. The lowest BCUT2D eigenvalue weighted by Crippen LogP contribution is -2.39. The number of aryl methyl sites for hydroxylation is 1. The minimum atomic E-state index is -0.0934. The molecule has 9 heteroatoms. The summed E-state index contributed by atoms with van der Waals surface area (Å²) in [6, 6.07) is 9.51. The Morgan fingerprint density at radius 1 is 1.03 bits per heavy atom. The molecule has 1 aliphatic heterocycles. The monoisotopic (exact) mass is 519 g/mol. The summed E-state index contributed by atoms with van der Waals surface area (Å²) in [7, 11) is 2.19. The quantitative estimate of drug-likeness (QED) is 0.301. The lowest BCUT2D eigenvalue weighted by atomic mass is 9.91. The molecule has 0 spiro atoms. The van der Waals surface area contributed by atoms with Crippen molar-refractivity contribution >= 4 is 50.6 Å². The van der Waals surface area contributed by atoms with E-state index < -0.39 is 0 Å². The van der Waals surface area contributed by atoms with Gasteiger partial charge in [-0.05, 0) is 107 Å². The summed E-state index contributed by atoms with van der Waals surface area (Å²) in [5, 5.41) is 15.9. The maximum Gasteiger partial charge on any atom is 0.243 e. The topological polar surface area (TPSA) is 94.2 Å². The molecule has 1 saturated heterocycles. The van der Waals surface area contributed by atoms with Crippen molar-refractivity contribution in [3.63, 3.8) is 0 Å². The molecule has 0 bridgehead atoms. The molecule has 0 radical (unpaired) electrons. The highest BCUT2D eigenvalue weighted by Crippen LogP contribution is 2.31. The third-order valence-corrected chi connectivity index (χ3v) is 8.37. The average Bonchev–Trinajstić information content (AvgIpc) is 3.37. The van der Waals surface area contributed by atoms with Crippen molar-refractivity contribution in [1.82, 2.24) is 20.2 Å². The van der Waals surface area contributed by atoms with Crippen LogP contribution in [0.4, 0.5) is 23.1 Å². The molecule has 3 aromatic rings. The summed E-state index contributed by atoms with van der Waals surface area (Å²) in [6.07, 6.45) is 7.53. The number of benzene rings is 1. The Labute approximate surface area is 223 Å². The number of carbonyl (C=O) groups is 1. The van der Waals surface area contributed by atoms with Gasteiger partial charge in [-0.25, -0.2) is 4.98 Å². The molecular formula is C28H37N7OS. The minimum Gasteiger partial charge on any atom is -0.382 e. The summed E-state index contributed by atoms with van der Waals surface area (Å²) in [4.78, 5) is 23.6. The van der Waals surface area contributed by atoms with E-state index in [0.29, 0.717) is 18.0 Å². The maximum absolute atomic E-state index is 11.6. The first-order valence-electron chi connectivity index (χ1n) is 13.2. The van der Waals surface area contributed by atoms with Crippen LogP contribution in [0.25, 0.3) is 10.2 Å². The number of thiophene rings is 1. The van der Waals surface area contributed by atoms with E-state index in [1.807, 2.05) is 6.07 Å². The third-order valence-electron chi connectivity index (χ3n) is 7.46. The summed E-state index contributed by atoms with van der Waals surface area (Å²) in [6.45, 7) is 7.97. The van der Waals surface area contributed by atoms with Crippen molar-refractivity contribution in [1.29, 1.82) is 0 Å². The molecule has 4 N–H and O–H groups in total. The molecule has 2 fully saturated rings. The van der Waals surface area contributed by atoms with Gasteiger partial charge in [-0.3, -0.25) is 4.79 Å². The second-order valence-electron chi connectivity index (χ2n) is 10.3. The largest absolute Gasteiger partial charge is 0.382 e. The first-order valence-corrected chi connectivity index (χ1v) is 14.1. The Bertz CT molecular complexity index is 1240. The number of fused-ring (bicyclic) bond motifs is 1. The van der Waals surface area contributed by atoms with Crippen molar-refractivity contribution < 1.29 is 4.79 Å². The predicted molar refractivity (Wildman–Crippen MR) is 154 cm³/mol. The minimum absolute atomic E-state index is 0.0934. The zero-order valence-corrected chi connectivity index (χ0v) is 22.5. The number of nitrogens with zero attached hydrogens (tertiary/aromatic N) is 3. The van der Waals surface area contributed by atoms with Crippen LogP contribution in [0.3, 0.4) is 0 Å². The predicted octanol–water partition coefficient (Wildman–Crippen LogP) is 5.27. The standard InChI is InChI=1S/C28H37N7OS/c1-4-25(36)30-19-5-7-20(8-6-19)31-27-26-24(13-16-37-26)33-28(34-27)32-22-9-10-23(18(2)17-22)29-21-11-14-35(3)15-12-21/h4,9-10,13,16-17,19-21,29H,1,5-8,11-12,14-15H2,2-3H3,(H,30,36)(H2,31,32,33,34)/t19-,20+. The van der Waals surface area contributed by atoms with Gasteiger partial charge in [0.2, 0.25) is 11.9 Å². The van der Waals surface area contributed by atoms with Crippen LogP contribution in [0.5, 0.6) is 0 Å². The molecule has 1 saturated carbocycles. The number of hydrogen-bond donors (Lipinski definition) is 4. The Hall–Kier alpha value is -3.17. The number of rotatable bonds is 8. The highest BCUT2D eigenvalue weighted by Gasteiger charge is 2.23. The highest BCUT2D eigenvalue weighted by atomic mass is 32.1. The number of piperidine rings is 1. The third kappa shape index (κ3) is 6.40. The lowest BCUT2D eigenvalue weighted by Gasteiger charge is -2.30. The Kier molecular flexibility index (Phi) is 7.90. The fourth-order valence-corrected chi connectivity index (χ4v) is 6.04. The molecule has 3 heterocycles. The van der Waals surface area contributed by atoms with E-state index in [1.165, 1.54) is 30.2 Å². The van der Waals surface area contributed by atoms with E-state index in [9.17, 15) is 4.79 Å². The Morgan fingerprint density at radius 3 is 2.49 bits per heavy atom. The number of hydrogen-bond acceptors (Lipinski definition) is 8. The van der Waals surface area contributed by atoms with Crippen LogP contribution < -0.4 is 21.3 Å². The molecule has 1 amide bonds. The molecule has 8 nitrogen and oxygen atoms in total. The molecule has 0 unspecified atom stereocenters. The van der Waals surface area contributed by atoms with Gasteiger partial charge >= 0.3 is 0 Å². The fraction of sp³-hybridized carbons (Fsp3) is 0.464. The first-order chi connectivity index (χ1) is 18.0. The molecule has 1 aromatic carbocycles. The lowest BCUT2D eigenvalue weighted by molar-refractivity contribution is -0.117. The van der Waals surface area contributed by atoms with Gasteiger partial charge in [0.25, 0.3) is 0 Å². The fourth-order valence-electron chi connectivity index (χ4n) is 5.26. The zero-order chi connectivity index (χ0) is 25.8. The number of aromatic nitrogens is 2. The molecule has 5 rings (SSSR count). The van der Waals surface area contributed by atoms with Gasteiger partial charge in [-0.15, -0.1) is 11.3 Å². The molecule has 2 aliphatic rings. The Balaban J connectivity index is 1.25. The van der Waals surface area contributed by atoms with Crippen LogP contribution in [0, 0.1) is 6.92 Å². The summed E-state index contributed by atoms with van der Waals surface area (Å²) in [5.74, 6) is 1.37. The second-order valence-corrected chi connectivity index (χ2v) is 11.2. The van der Waals surface area contributed by atoms with Crippen molar-refractivity contribution in [2.75, 3.05) is 36.1 Å². The van der Waals surface area contributed by atoms with Gasteiger partial charge in [0.15, 0.2) is 0 Å². The Morgan fingerprint density at radius 2 is 1.76 bits per heavy atom. The number of carbonyl (C=O) groups excluding carboxylic acids is 1. The van der Waals surface area contributed by atoms with Crippen molar-refractivity contribution in [2.45, 2.75) is 63.6 Å². The smallest absolute Gasteiger partial charge is 0.243 e. The summed E-state index contributed by atoms with van der Waals surface area (Å²) in [5.41, 5.74) is 4.32. The molecule has 1 aliphatic carbocycles. The molecule has 2 aromatic heterocycles. The molecule has 37 heavy (non-hydrogen) atoms. The van der Waals surface area contributed by atoms with Crippen molar-refractivity contribution in [3.8, 4) is 0 Å². The van der Waals surface area contributed by atoms with Gasteiger partial charge in [0.05, 0.1) is 10.2 Å². The number of likely N-dealkylation sites (tertiary alicyclic amines) is 1. The van der Waals surface area contributed by atoms with Crippen molar-refractivity contribution in [3.05, 3.63) is 47.9 Å². The molecule has 196 valence electrons. The van der Waals surface area contributed by atoms with Crippen LogP contribution >= 0.6 is 11.3 Å². The first kappa shape index (κ1) is 25.5. The van der Waals surface area contributed by atoms with E-state index in [2.05, 4.69) is 70.3 Å². The highest BCUT2D eigenvalue weighted by molar-refractivity contribution is 7.17. The van der Waals surface area contributed by atoms with E-state index in [4.69, 9.17) is 9.97 Å². The van der Waals surface area contributed by atoms with Crippen LogP contribution in [0.2, 0.25) is 0 Å². The van der Waals surface area contributed by atoms with E-state index in [-0.39, 0.29) is 11.9 Å². The van der Waals surface area contributed by atoms with Crippen LogP contribution in [-0.4, -0.2) is 59.0 Å². The molecular weight excluding hydrogens is 482 g/mol. The summed E-state index contributed by atoms with van der Waals surface area (Å²) < 4.78 is 1.07. The van der Waals surface area contributed by atoms with Gasteiger partial charge in [0.1, 0.15) is 5.82 Å². The van der Waals surface area contributed by atoms with Crippen molar-refractivity contribution in [2.24, 2.45) is 0 Å². The van der Waals surface area contributed by atoms with E-state index >= 15 is 0 Å². The summed E-state index contributed by atoms with van der Waals surface area (Å²) >= 11 is 1.66.